The Bertz CT molecular complexity index is 1070. The van der Waals surface area contributed by atoms with Crippen LogP contribution in [0, 0.1) is 5.92 Å². The van der Waals surface area contributed by atoms with Crippen LogP contribution in [0.5, 0.6) is 0 Å². The molecule has 0 aliphatic carbocycles. The maximum absolute atomic E-state index is 9.53. The van der Waals surface area contributed by atoms with Gasteiger partial charge in [0, 0.05) is 17.7 Å². The fourth-order valence-corrected chi connectivity index (χ4v) is 3.52. The Hall–Kier alpha value is -2.98. The predicted molar refractivity (Wildman–Crippen MR) is 112 cm³/mol. The molecule has 0 amide bonds. The molecule has 1 N–H and O–H groups in total. The Morgan fingerprint density at radius 3 is 2.39 bits per heavy atom. The highest BCUT2D eigenvalue weighted by atomic mass is 16.3. The molecule has 1 atom stereocenters. The Morgan fingerprint density at radius 2 is 1.71 bits per heavy atom. The largest absolute Gasteiger partial charge is 0.437 e. The first-order chi connectivity index (χ1) is 13.7. The standard InChI is InChI=1S/C24H24N2O2/c1-3-17-9-11-18(12-10-17)21-22-20(13-16(2)14-27)25-15-26-24(22)28-23(21)19-7-5-4-6-8-19/h4-12,15-16,27H,3,13-14H2,1-2H3/t16-/m1/s1. The predicted octanol–water partition coefficient (Wildman–Crippen LogP) is 5.29. The molecule has 4 aromatic rings. The summed E-state index contributed by atoms with van der Waals surface area (Å²) in [6.07, 6.45) is 3.22. The van der Waals surface area contributed by atoms with E-state index in [0.717, 1.165) is 40.0 Å². The fraction of sp³-hybridized carbons (Fsp3) is 0.250. The van der Waals surface area contributed by atoms with Crippen molar-refractivity contribution in [2.24, 2.45) is 5.92 Å². The highest BCUT2D eigenvalue weighted by Crippen LogP contribution is 2.41. The van der Waals surface area contributed by atoms with Crippen LogP contribution in [0.4, 0.5) is 0 Å². The van der Waals surface area contributed by atoms with Gasteiger partial charge < -0.3 is 9.52 Å². The number of nitrogens with zero attached hydrogens (tertiary/aromatic N) is 2. The first-order valence-corrected chi connectivity index (χ1v) is 9.73. The second-order valence-electron chi connectivity index (χ2n) is 7.22. The normalized spacial score (nSPS) is 12.4. The van der Waals surface area contributed by atoms with E-state index in [1.807, 2.05) is 37.3 Å². The van der Waals surface area contributed by atoms with Gasteiger partial charge in [-0.15, -0.1) is 0 Å². The molecule has 0 unspecified atom stereocenters. The molecule has 0 aliphatic rings. The van der Waals surface area contributed by atoms with Gasteiger partial charge in [0.1, 0.15) is 12.1 Å². The molecule has 28 heavy (non-hydrogen) atoms. The second kappa shape index (κ2) is 7.95. The maximum Gasteiger partial charge on any atom is 0.230 e. The van der Waals surface area contributed by atoms with Gasteiger partial charge in [0.05, 0.1) is 11.1 Å². The van der Waals surface area contributed by atoms with E-state index in [1.54, 1.807) is 6.33 Å². The van der Waals surface area contributed by atoms with Gasteiger partial charge in [-0.3, -0.25) is 0 Å². The van der Waals surface area contributed by atoms with E-state index in [4.69, 9.17) is 4.42 Å². The molecular weight excluding hydrogens is 348 g/mol. The number of hydrogen-bond acceptors (Lipinski definition) is 4. The minimum atomic E-state index is 0.114. The molecule has 4 heteroatoms. The third-order valence-electron chi connectivity index (χ3n) is 5.11. The quantitative estimate of drug-likeness (QED) is 0.499. The SMILES string of the molecule is CCc1ccc(-c2c(-c3ccccc3)oc3ncnc(C[C@@H](C)CO)c23)cc1. The van der Waals surface area contributed by atoms with Crippen LogP contribution in [-0.2, 0) is 12.8 Å². The van der Waals surface area contributed by atoms with Crippen LogP contribution in [0.15, 0.2) is 65.3 Å². The van der Waals surface area contributed by atoms with Crippen molar-refractivity contribution in [3.63, 3.8) is 0 Å². The summed E-state index contributed by atoms with van der Waals surface area (Å²) < 4.78 is 6.24. The van der Waals surface area contributed by atoms with E-state index in [0.29, 0.717) is 12.1 Å². The van der Waals surface area contributed by atoms with E-state index >= 15 is 0 Å². The zero-order valence-electron chi connectivity index (χ0n) is 16.2. The molecule has 0 bridgehead atoms. The number of aromatic nitrogens is 2. The number of aliphatic hydroxyl groups is 1. The average molecular weight is 372 g/mol. The summed E-state index contributed by atoms with van der Waals surface area (Å²) in [6.45, 7) is 4.29. The lowest BCUT2D eigenvalue weighted by Gasteiger charge is -2.10. The number of aliphatic hydroxyl groups excluding tert-OH is 1. The Kier molecular flexibility index (Phi) is 5.22. The molecule has 4 nitrogen and oxygen atoms in total. The number of fused-ring (bicyclic) bond motifs is 1. The van der Waals surface area contributed by atoms with Gasteiger partial charge in [-0.2, -0.15) is 0 Å². The minimum Gasteiger partial charge on any atom is -0.437 e. The van der Waals surface area contributed by atoms with Gasteiger partial charge in [-0.05, 0) is 29.9 Å². The summed E-state index contributed by atoms with van der Waals surface area (Å²) in [5, 5.41) is 10.5. The second-order valence-corrected chi connectivity index (χ2v) is 7.22. The van der Waals surface area contributed by atoms with Crippen LogP contribution in [0.1, 0.15) is 25.1 Å². The Balaban J connectivity index is 1.99. The molecule has 0 aliphatic heterocycles. The lowest BCUT2D eigenvalue weighted by molar-refractivity contribution is 0.236. The van der Waals surface area contributed by atoms with Crippen LogP contribution >= 0.6 is 0 Å². The molecule has 0 saturated heterocycles. The van der Waals surface area contributed by atoms with Gasteiger partial charge in [-0.25, -0.2) is 9.97 Å². The van der Waals surface area contributed by atoms with Crippen molar-refractivity contribution in [1.29, 1.82) is 0 Å². The molecule has 0 radical (unpaired) electrons. The van der Waals surface area contributed by atoms with Crippen molar-refractivity contribution in [1.82, 2.24) is 9.97 Å². The molecule has 0 saturated carbocycles. The molecule has 142 valence electrons. The van der Waals surface area contributed by atoms with E-state index in [-0.39, 0.29) is 12.5 Å². The average Bonchev–Trinajstić information content (AvgIpc) is 3.15. The van der Waals surface area contributed by atoms with Gasteiger partial charge in [0.15, 0.2) is 0 Å². The van der Waals surface area contributed by atoms with Crippen LogP contribution < -0.4 is 0 Å². The number of hydrogen-bond donors (Lipinski definition) is 1. The number of furan rings is 1. The molecule has 2 heterocycles. The molecule has 0 fully saturated rings. The highest BCUT2D eigenvalue weighted by Gasteiger charge is 2.22. The van der Waals surface area contributed by atoms with Crippen LogP contribution in [0.2, 0.25) is 0 Å². The first kappa shape index (κ1) is 18.4. The van der Waals surface area contributed by atoms with E-state index in [9.17, 15) is 5.11 Å². The van der Waals surface area contributed by atoms with E-state index in [2.05, 4.69) is 41.2 Å². The van der Waals surface area contributed by atoms with Crippen molar-refractivity contribution in [2.45, 2.75) is 26.7 Å². The van der Waals surface area contributed by atoms with Crippen molar-refractivity contribution >= 4 is 11.1 Å². The zero-order chi connectivity index (χ0) is 19.5. The minimum absolute atomic E-state index is 0.114. The summed E-state index contributed by atoms with van der Waals surface area (Å²) >= 11 is 0. The maximum atomic E-state index is 9.53. The zero-order valence-corrected chi connectivity index (χ0v) is 16.2. The van der Waals surface area contributed by atoms with Gasteiger partial charge in [0.25, 0.3) is 0 Å². The Labute approximate surface area is 164 Å². The van der Waals surface area contributed by atoms with Crippen LogP contribution in [0.3, 0.4) is 0 Å². The summed E-state index contributed by atoms with van der Waals surface area (Å²) in [6, 6.07) is 18.7. The van der Waals surface area contributed by atoms with Crippen LogP contribution in [0.25, 0.3) is 33.6 Å². The topological polar surface area (TPSA) is 59.2 Å². The van der Waals surface area contributed by atoms with Gasteiger partial charge >= 0.3 is 0 Å². The van der Waals surface area contributed by atoms with E-state index in [1.165, 1.54) is 5.56 Å². The first-order valence-electron chi connectivity index (χ1n) is 9.73. The molecular formula is C24H24N2O2. The van der Waals surface area contributed by atoms with Crippen molar-refractivity contribution in [3.05, 3.63) is 72.2 Å². The van der Waals surface area contributed by atoms with Gasteiger partial charge in [-0.1, -0.05) is 68.4 Å². The molecule has 2 aromatic heterocycles. The highest BCUT2D eigenvalue weighted by molar-refractivity contribution is 6.01. The van der Waals surface area contributed by atoms with Crippen molar-refractivity contribution in [2.75, 3.05) is 6.61 Å². The monoisotopic (exact) mass is 372 g/mol. The fourth-order valence-electron chi connectivity index (χ4n) is 3.52. The molecule has 4 rings (SSSR count). The summed E-state index contributed by atoms with van der Waals surface area (Å²) in [4.78, 5) is 8.94. The Morgan fingerprint density at radius 1 is 0.964 bits per heavy atom. The smallest absolute Gasteiger partial charge is 0.230 e. The lowest BCUT2D eigenvalue weighted by atomic mass is 9.95. The van der Waals surface area contributed by atoms with Gasteiger partial charge in [0.2, 0.25) is 5.71 Å². The number of rotatable bonds is 6. The summed E-state index contributed by atoms with van der Waals surface area (Å²) in [7, 11) is 0. The number of aryl methyl sites for hydroxylation is 1. The third-order valence-corrected chi connectivity index (χ3v) is 5.11. The van der Waals surface area contributed by atoms with E-state index < -0.39 is 0 Å². The number of benzene rings is 2. The lowest BCUT2D eigenvalue weighted by Crippen LogP contribution is -2.06. The molecule has 0 spiro atoms. The van der Waals surface area contributed by atoms with Crippen LogP contribution in [-0.4, -0.2) is 21.7 Å². The third kappa shape index (κ3) is 3.43. The van der Waals surface area contributed by atoms with Crippen molar-refractivity contribution in [3.8, 4) is 22.5 Å². The van der Waals surface area contributed by atoms with Crippen molar-refractivity contribution < 1.29 is 9.52 Å². The molecule has 2 aromatic carbocycles. The summed E-state index contributed by atoms with van der Waals surface area (Å²) in [5.74, 6) is 0.918. The summed E-state index contributed by atoms with van der Waals surface area (Å²) in [5.41, 5.74) is 5.90.